The summed E-state index contributed by atoms with van der Waals surface area (Å²) >= 11 is 0. The van der Waals surface area contributed by atoms with Crippen molar-refractivity contribution in [2.24, 2.45) is 5.92 Å². The lowest BCUT2D eigenvalue weighted by Crippen LogP contribution is -2.38. The van der Waals surface area contributed by atoms with Crippen LogP contribution in [0.3, 0.4) is 0 Å². The monoisotopic (exact) mass is 261 g/mol. The number of carbonyl (C=O) groups excluding carboxylic acids is 1. The first kappa shape index (κ1) is 14.2. The van der Waals surface area contributed by atoms with Gasteiger partial charge in [-0.25, -0.2) is 0 Å². The van der Waals surface area contributed by atoms with Gasteiger partial charge in [-0.05, 0) is 51.3 Å². The summed E-state index contributed by atoms with van der Waals surface area (Å²) in [6.07, 6.45) is 0.987. The van der Waals surface area contributed by atoms with Crippen LogP contribution in [-0.4, -0.2) is 41.5 Å². The average Bonchev–Trinajstić information content (AvgIpc) is 2.88. The van der Waals surface area contributed by atoms with Gasteiger partial charge in [0, 0.05) is 18.7 Å². The number of hydrogen-bond acceptors (Lipinski definition) is 3. The quantitative estimate of drug-likeness (QED) is 0.845. The van der Waals surface area contributed by atoms with Crippen LogP contribution in [0.1, 0.15) is 34.8 Å². The van der Waals surface area contributed by atoms with Crippen LogP contribution in [-0.2, 0) is 0 Å². The number of nitrogens with zero attached hydrogens (tertiary/aromatic N) is 1. The van der Waals surface area contributed by atoms with Crippen molar-refractivity contribution in [1.29, 1.82) is 0 Å². The van der Waals surface area contributed by atoms with Gasteiger partial charge < -0.3 is 5.11 Å². The molecule has 0 saturated carbocycles. The van der Waals surface area contributed by atoms with Crippen molar-refractivity contribution in [3.05, 3.63) is 34.9 Å². The lowest BCUT2D eigenvalue weighted by atomic mass is 9.97. The van der Waals surface area contributed by atoms with Gasteiger partial charge in [-0.3, -0.25) is 9.69 Å². The second-order valence-electron chi connectivity index (χ2n) is 5.69. The minimum atomic E-state index is -0.1000. The smallest absolute Gasteiger partial charge is 0.179 e. The fourth-order valence-electron chi connectivity index (χ4n) is 2.76. The minimum absolute atomic E-state index is 0.1000. The standard InChI is InChI=1S/C16H23NO2/c1-11-4-5-12(2)15(8-11)16(19)13(3)17-7-6-14(9-17)10-18/h4-5,8,13-14,18H,6-7,9-10H2,1-3H3. The van der Waals surface area contributed by atoms with E-state index in [2.05, 4.69) is 4.90 Å². The topological polar surface area (TPSA) is 40.5 Å². The Morgan fingerprint density at radius 1 is 1.47 bits per heavy atom. The number of carbonyl (C=O) groups is 1. The first-order valence-corrected chi connectivity index (χ1v) is 6.99. The largest absolute Gasteiger partial charge is 0.396 e. The maximum atomic E-state index is 12.6. The maximum absolute atomic E-state index is 12.6. The molecule has 2 rings (SSSR count). The number of rotatable bonds is 4. The van der Waals surface area contributed by atoms with E-state index in [4.69, 9.17) is 0 Å². The van der Waals surface area contributed by atoms with Crippen LogP contribution in [0.5, 0.6) is 0 Å². The maximum Gasteiger partial charge on any atom is 0.179 e. The molecule has 0 bridgehead atoms. The molecular formula is C16H23NO2. The number of aryl methyl sites for hydroxylation is 2. The summed E-state index contributed by atoms with van der Waals surface area (Å²) in [6.45, 7) is 7.93. The molecule has 0 radical (unpaired) electrons. The Balaban J connectivity index is 2.13. The molecule has 1 fully saturated rings. The highest BCUT2D eigenvalue weighted by Gasteiger charge is 2.30. The summed E-state index contributed by atoms with van der Waals surface area (Å²) < 4.78 is 0. The summed E-state index contributed by atoms with van der Waals surface area (Å²) in [5.74, 6) is 0.522. The first-order chi connectivity index (χ1) is 9.02. The molecule has 0 amide bonds. The van der Waals surface area contributed by atoms with E-state index in [0.29, 0.717) is 5.92 Å². The van der Waals surface area contributed by atoms with Gasteiger partial charge >= 0.3 is 0 Å². The number of aliphatic hydroxyl groups is 1. The van der Waals surface area contributed by atoms with Crippen molar-refractivity contribution in [2.45, 2.75) is 33.2 Å². The average molecular weight is 261 g/mol. The molecule has 2 atom stereocenters. The molecule has 0 aromatic heterocycles. The zero-order valence-electron chi connectivity index (χ0n) is 12.0. The van der Waals surface area contributed by atoms with Gasteiger partial charge in [-0.15, -0.1) is 0 Å². The molecule has 1 aliphatic heterocycles. The molecule has 3 nitrogen and oxygen atoms in total. The number of Topliss-reactive ketones (excluding diaryl/α,β-unsaturated/α-hetero) is 1. The zero-order valence-corrected chi connectivity index (χ0v) is 12.0. The summed E-state index contributed by atoms with van der Waals surface area (Å²) in [4.78, 5) is 14.8. The highest BCUT2D eigenvalue weighted by molar-refractivity contribution is 6.01. The normalized spacial score (nSPS) is 21.6. The Bertz CT molecular complexity index is 470. The predicted octanol–water partition coefficient (Wildman–Crippen LogP) is 2.19. The van der Waals surface area contributed by atoms with E-state index in [1.807, 2.05) is 39.0 Å². The number of ketones is 1. The summed E-state index contributed by atoms with van der Waals surface area (Å²) in [6, 6.07) is 5.93. The Kier molecular flexibility index (Phi) is 4.38. The Labute approximate surface area is 115 Å². The van der Waals surface area contributed by atoms with Gasteiger partial charge in [0.2, 0.25) is 0 Å². The van der Waals surface area contributed by atoms with Gasteiger partial charge in [0.05, 0.1) is 6.04 Å². The molecule has 19 heavy (non-hydrogen) atoms. The molecule has 0 aliphatic carbocycles. The van der Waals surface area contributed by atoms with E-state index in [9.17, 15) is 9.90 Å². The van der Waals surface area contributed by atoms with Crippen molar-refractivity contribution in [2.75, 3.05) is 19.7 Å². The van der Waals surface area contributed by atoms with Gasteiger partial charge in [-0.1, -0.05) is 17.7 Å². The summed E-state index contributed by atoms with van der Waals surface area (Å²) in [5.41, 5.74) is 3.00. The highest BCUT2D eigenvalue weighted by Crippen LogP contribution is 2.21. The third kappa shape index (κ3) is 3.04. The molecule has 1 saturated heterocycles. The third-order valence-electron chi connectivity index (χ3n) is 4.16. The lowest BCUT2D eigenvalue weighted by molar-refractivity contribution is 0.0857. The molecule has 3 heteroatoms. The number of likely N-dealkylation sites (tertiary alicyclic amines) is 1. The van der Waals surface area contributed by atoms with Gasteiger partial charge in [0.1, 0.15) is 0 Å². The van der Waals surface area contributed by atoms with Crippen molar-refractivity contribution in [3.8, 4) is 0 Å². The highest BCUT2D eigenvalue weighted by atomic mass is 16.3. The van der Waals surface area contributed by atoms with Gasteiger partial charge in [0.15, 0.2) is 5.78 Å². The fraction of sp³-hybridized carbons (Fsp3) is 0.562. The summed E-state index contributed by atoms with van der Waals surface area (Å²) in [7, 11) is 0. The molecule has 1 aromatic carbocycles. The molecule has 0 spiro atoms. The van der Waals surface area contributed by atoms with Gasteiger partial charge in [0.25, 0.3) is 0 Å². The van der Waals surface area contributed by atoms with Crippen LogP contribution in [0.2, 0.25) is 0 Å². The van der Waals surface area contributed by atoms with E-state index >= 15 is 0 Å². The number of aliphatic hydroxyl groups excluding tert-OH is 1. The number of hydrogen-bond donors (Lipinski definition) is 1. The van der Waals surface area contributed by atoms with E-state index in [1.54, 1.807) is 0 Å². The van der Waals surface area contributed by atoms with Crippen LogP contribution in [0.15, 0.2) is 18.2 Å². The van der Waals surface area contributed by atoms with Crippen molar-refractivity contribution < 1.29 is 9.90 Å². The van der Waals surface area contributed by atoms with Crippen molar-refractivity contribution in [3.63, 3.8) is 0 Å². The van der Waals surface area contributed by atoms with Crippen LogP contribution in [0.4, 0.5) is 0 Å². The van der Waals surface area contributed by atoms with Crippen LogP contribution >= 0.6 is 0 Å². The van der Waals surface area contributed by atoms with Crippen molar-refractivity contribution in [1.82, 2.24) is 4.90 Å². The molecule has 2 unspecified atom stereocenters. The minimum Gasteiger partial charge on any atom is -0.396 e. The van der Waals surface area contributed by atoms with E-state index < -0.39 is 0 Å². The van der Waals surface area contributed by atoms with E-state index in [-0.39, 0.29) is 18.4 Å². The lowest BCUT2D eigenvalue weighted by Gasteiger charge is -2.23. The SMILES string of the molecule is Cc1ccc(C)c(C(=O)C(C)N2CCC(CO)C2)c1. The molecule has 1 N–H and O–H groups in total. The molecule has 104 valence electrons. The van der Waals surface area contributed by atoms with E-state index in [0.717, 1.165) is 36.2 Å². The Morgan fingerprint density at radius 3 is 2.84 bits per heavy atom. The second kappa shape index (κ2) is 5.85. The first-order valence-electron chi connectivity index (χ1n) is 6.99. The van der Waals surface area contributed by atoms with Gasteiger partial charge in [-0.2, -0.15) is 0 Å². The number of benzene rings is 1. The summed E-state index contributed by atoms with van der Waals surface area (Å²) in [5, 5.41) is 9.19. The predicted molar refractivity (Wildman–Crippen MR) is 76.5 cm³/mol. The third-order valence-corrected chi connectivity index (χ3v) is 4.16. The van der Waals surface area contributed by atoms with E-state index in [1.165, 1.54) is 0 Å². The zero-order chi connectivity index (χ0) is 14.0. The van der Waals surface area contributed by atoms with Crippen LogP contribution in [0.25, 0.3) is 0 Å². The van der Waals surface area contributed by atoms with Crippen LogP contribution < -0.4 is 0 Å². The van der Waals surface area contributed by atoms with Crippen LogP contribution in [0, 0.1) is 19.8 Å². The Morgan fingerprint density at radius 2 is 2.21 bits per heavy atom. The fourth-order valence-corrected chi connectivity index (χ4v) is 2.76. The molecule has 1 heterocycles. The van der Waals surface area contributed by atoms with Crippen molar-refractivity contribution >= 4 is 5.78 Å². The second-order valence-corrected chi connectivity index (χ2v) is 5.69. The molecule has 1 aliphatic rings. The molecular weight excluding hydrogens is 238 g/mol. The molecule has 1 aromatic rings. The Hall–Kier alpha value is -1.19.